The maximum Gasteiger partial charge on any atom is 0.334 e. The predicted molar refractivity (Wildman–Crippen MR) is 103 cm³/mol. The Morgan fingerprint density at radius 2 is 1.74 bits per heavy atom. The quantitative estimate of drug-likeness (QED) is 0.626. The molecule has 1 amide bonds. The number of benzene rings is 2. The van der Waals surface area contributed by atoms with E-state index in [1.165, 1.54) is 0 Å². The third-order valence-corrected chi connectivity index (χ3v) is 3.98. The number of pyridine rings is 1. The Bertz CT molecular complexity index is 996. The number of aliphatic hydroxyl groups is 1. The summed E-state index contributed by atoms with van der Waals surface area (Å²) < 4.78 is 0. The van der Waals surface area contributed by atoms with Crippen molar-refractivity contribution in [3.05, 3.63) is 77.5 Å². The number of rotatable bonds is 6. The van der Waals surface area contributed by atoms with Crippen molar-refractivity contribution < 1.29 is 19.8 Å². The molecule has 0 bridgehead atoms. The second-order valence-electron chi connectivity index (χ2n) is 5.95. The van der Waals surface area contributed by atoms with Crippen LogP contribution in [0.4, 0.5) is 0 Å². The first-order valence-electron chi connectivity index (χ1n) is 8.36. The average molecular weight is 362 g/mol. The van der Waals surface area contributed by atoms with Gasteiger partial charge in [0.05, 0.1) is 17.8 Å². The highest BCUT2D eigenvalue weighted by atomic mass is 16.4. The minimum atomic E-state index is -1.62. The third-order valence-electron chi connectivity index (χ3n) is 3.98. The molecule has 0 aliphatic rings. The predicted octanol–water partition coefficient (Wildman–Crippen LogP) is 2.58. The molecule has 136 valence electrons. The molecule has 3 rings (SSSR count). The van der Waals surface area contributed by atoms with Gasteiger partial charge in [-0.25, -0.2) is 9.78 Å². The lowest BCUT2D eigenvalue weighted by Gasteiger charge is -2.07. The van der Waals surface area contributed by atoms with Gasteiger partial charge in [-0.05, 0) is 35.9 Å². The molecule has 3 N–H and O–H groups in total. The first kappa shape index (κ1) is 18.3. The summed E-state index contributed by atoms with van der Waals surface area (Å²) in [5.74, 6) is -1.82. The summed E-state index contributed by atoms with van der Waals surface area (Å²) in [5.41, 5.74) is 3.04. The highest BCUT2D eigenvalue weighted by Gasteiger charge is 2.14. The molecule has 27 heavy (non-hydrogen) atoms. The number of aliphatic carboxylic acids is 1. The summed E-state index contributed by atoms with van der Waals surface area (Å²) in [6, 6.07) is 18.7. The first-order valence-corrected chi connectivity index (χ1v) is 8.36. The number of hydrogen-bond donors (Lipinski definition) is 3. The molecule has 0 aliphatic heterocycles. The fraction of sp³-hybridized carbons (Fsp3) is 0.0952. The van der Waals surface area contributed by atoms with Crippen LogP contribution in [-0.2, 0) is 4.79 Å². The van der Waals surface area contributed by atoms with Crippen LogP contribution >= 0.6 is 0 Å². The second kappa shape index (κ2) is 8.25. The monoisotopic (exact) mass is 362 g/mol. The van der Waals surface area contributed by atoms with Crippen molar-refractivity contribution in [3.8, 4) is 0 Å². The molecule has 0 spiro atoms. The Labute approximate surface area is 155 Å². The van der Waals surface area contributed by atoms with Gasteiger partial charge in [0, 0.05) is 10.9 Å². The fourth-order valence-corrected chi connectivity index (χ4v) is 2.48. The average Bonchev–Trinajstić information content (AvgIpc) is 2.70. The topological polar surface area (TPSA) is 99.5 Å². The van der Waals surface area contributed by atoms with Crippen LogP contribution in [0.15, 0.2) is 60.7 Å². The Hall–Kier alpha value is -3.51. The van der Waals surface area contributed by atoms with E-state index < -0.39 is 18.0 Å². The summed E-state index contributed by atoms with van der Waals surface area (Å²) in [6.45, 7) is -0.344. The number of carbonyl (C=O) groups is 2. The normalized spacial score (nSPS) is 12.2. The van der Waals surface area contributed by atoms with E-state index in [1.807, 2.05) is 48.6 Å². The van der Waals surface area contributed by atoms with Crippen molar-refractivity contribution in [3.63, 3.8) is 0 Å². The maximum atomic E-state index is 11.9. The highest BCUT2D eigenvalue weighted by molar-refractivity contribution is 5.94. The molecule has 0 aliphatic carbocycles. The number of aromatic nitrogens is 1. The van der Waals surface area contributed by atoms with Crippen LogP contribution in [0.5, 0.6) is 0 Å². The van der Waals surface area contributed by atoms with E-state index in [-0.39, 0.29) is 6.54 Å². The van der Waals surface area contributed by atoms with E-state index in [4.69, 9.17) is 5.11 Å². The van der Waals surface area contributed by atoms with Crippen LogP contribution in [0.1, 0.15) is 21.6 Å². The number of hydrogen-bond acceptors (Lipinski definition) is 4. The molecule has 0 saturated heterocycles. The first-order chi connectivity index (χ1) is 13.0. The zero-order valence-corrected chi connectivity index (χ0v) is 14.4. The molecular formula is C21H18N2O4. The van der Waals surface area contributed by atoms with Gasteiger partial charge in [0.25, 0.3) is 5.91 Å². The lowest BCUT2D eigenvalue weighted by molar-refractivity contribution is -0.146. The molecular weight excluding hydrogens is 344 g/mol. The number of amides is 1. The maximum absolute atomic E-state index is 11.9. The van der Waals surface area contributed by atoms with E-state index in [0.29, 0.717) is 5.56 Å². The van der Waals surface area contributed by atoms with Crippen LogP contribution < -0.4 is 5.32 Å². The lowest BCUT2D eigenvalue weighted by Crippen LogP contribution is -2.36. The Balaban J connectivity index is 1.65. The minimum Gasteiger partial charge on any atom is -0.479 e. The third kappa shape index (κ3) is 4.77. The molecule has 3 aromatic rings. The van der Waals surface area contributed by atoms with E-state index in [9.17, 15) is 14.7 Å². The van der Waals surface area contributed by atoms with Gasteiger partial charge >= 0.3 is 5.97 Å². The van der Waals surface area contributed by atoms with E-state index >= 15 is 0 Å². The van der Waals surface area contributed by atoms with Crippen molar-refractivity contribution in [2.75, 3.05) is 6.54 Å². The summed E-state index contributed by atoms with van der Waals surface area (Å²) in [7, 11) is 0. The number of carboxylic acid groups (broad SMARTS) is 1. The van der Waals surface area contributed by atoms with Gasteiger partial charge in [-0.1, -0.05) is 42.5 Å². The van der Waals surface area contributed by atoms with E-state index in [2.05, 4.69) is 10.3 Å². The van der Waals surface area contributed by atoms with Crippen molar-refractivity contribution in [2.24, 2.45) is 0 Å². The fourth-order valence-electron chi connectivity index (χ4n) is 2.48. The van der Waals surface area contributed by atoms with Crippen LogP contribution in [-0.4, -0.2) is 39.7 Å². The molecule has 1 heterocycles. The molecule has 1 aromatic heterocycles. The SMILES string of the molecule is O=C(NCC(O)C(=O)O)c1ccc(/C=C/c2ccc3ccccc3n2)cc1. The Kier molecular flexibility index (Phi) is 5.58. The standard InChI is InChI=1S/C21H18N2O4/c24-19(21(26)27)13-22-20(25)16-8-5-14(6-9-16)7-11-17-12-10-15-3-1-2-4-18(15)23-17/h1-12,19,24H,13H2,(H,22,25)(H,26,27)/b11-7+. The second-order valence-corrected chi connectivity index (χ2v) is 5.95. The zero-order chi connectivity index (χ0) is 19.2. The number of fused-ring (bicyclic) bond motifs is 1. The van der Waals surface area contributed by atoms with Crippen LogP contribution in [0.3, 0.4) is 0 Å². The summed E-state index contributed by atoms with van der Waals surface area (Å²) >= 11 is 0. The van der Waals surface area contributed by atoms with Gasteiger partial charge in [-0.3, -0.25) is 4.79 Å². The van der Waals surface area contributed by atoms with Gasteiger partial charge in [0.1, 0.15) is 0 Å². The molecule has 1 unspecified atom stereocenters. The summed E-state index contributed by atoms with van der Waals surface area (Å²) in [5, 5.41) is 21.2. The molecule has 0 saturated carbocycles. The van der Waals surface area contributed by atoms with Gasteiger partial charge in [-0.2, -0.15) is 0 Å². The Morgan fingerprint density at radius 3 is 2.48 bits per heavy atom. The number of para-hydroxylation sites is 1. The summed E-state index contributed by atoms with van der Waals surface area (Å²) in [6.07, 6.45) is 2.17. The molecule has 6 heteroatoms. The minimum absolute atomic E-state index is 0.344. The van der Waals surface area contributed by atoms with Gasteiger partial charge in [0.15, 0.2) is 6.10 Å². The van der Waals surface area contributed by atoms with Gasteiger partial charge < -0.3 is 15.5 Å². The smallest absolute Gasteiger partial charge is 0.334 e. The van der Waals surface area contributed by atoms with Gasteiger partial charge in [0.2, 0.25) is 0 Å². The number of aliphatic hydroxyl groups excluding tert-OH is 1. The van der Waals surface area contributed by atoms with E-state index in [1.54, 1.807) is 24.3 Å². The van der Waals surface area contributed by atoms with Crippen molar-refractivity contribution in [1.82, 2.24) is 10.3 Å². The summed E-state index contributed by atoms with van der Waals surface area (Å²) in [4.78, 5) is 27.1. The van der Waals surface area contributed by atoms with Gasteiger partial charge in [-0.15, -0.1) is 0 Å². The van der Waals surface area contributed by atoms with Crippen LogP contribution in [0.2, 0.25) is 0 Å². The lowest BCUT2D eigenvalue weighted by atomic mass is 10.1. The van der Waals surface area contributed by atoms with Crippen LogP contribution in [0, 0.1) is 0 Å². The zero-order valence-electron chi connectivity index (χ0n) is 14.4. The molecule has 0 fully saturated rings. The highest BCUT2D eigenvalue weighted by Crippen LogP contribution is 2.14. The van der Waals surface area contributed by atoms with E-state index in [0.717, 1.165) is 22.2 Å². The van der Waals surface area contributed by atoms with Crippen molar-refractivity contribution in [1.29, 1.82) is 0 Å². The molecule has 1 atom stereocenters. The molecule has 6 nitrogen and oxygen atoms in total. The number of carboxylic acids is 1. The number of nitrogens with zero attached hydrogens (tertiary/aromatic N) is 1. The van der Waals surface area contributed by atoms with Crippen LogP contribution in [0.25, 0.3) is 23.1 Å². The Morgan fingerprint density at radius 1 is 1.00 bits per heavy atom. The molecule has 0 radical (unpaired) electrons. The van der Waals surface area contributed by atoms with Crippen molar-refractivity contribution >= 4 is 34.9 Å². The van der Waals surface area contributed by atoms with Crippen molar-refractivity contribution in [2.45, 2.75) is 6.10 Å². The number of carbonyl (C=O) groups excluding carboxylic acids is 1. The molecule has 2 aromatic carbocycles. The number of nitrogens with one attached hydrogen (secondary N) is 1. The largest absolute Gasteiger partial charge is 0.479 e.